The summed E-state index contributed by atoms with van der Waals surface area (Å²) in [6, 6.07) is 19.0. The molecule has 0 amide bonds. The van der Waals surface area contributed by atoms with Crippen molar-refractivity contribution in [2.24, 2.45) is 0 Å². The van der Waals surface area contributed by atoms with E-state index in [1.54, 1.807) is 42.5 Å². The zero-order chi connectivity index (χ0) is 23.1. The van der Waals surface area contributed by atoms with Crippen molar-refractivity contribution >= 4 is 46.1 Å². The van der Waals surface area contributed by atoms with Gasteiger partial charge in [0.1, 0.15) is 17.1 Å². The molecule has 2 heterocycles. The van der Waals surface area contributed by atoms with Crippen molar-refractivity contribution in [2.75, 3.05) is 19.0 Å². The highest BCUT2D eigenvalue weighted by atomic mass is 35.5. The van der Waals surface area contributed by atoms with Gasteiger partial charge in [-0.2, -0.15) is 0 Å². The van der Waals surface area contributed by atoms with Crippen molar-refractivity contribution in [3.05, 3.63) is 94.4 Å². The number of fused-ring (bicyclic) bond motifs is 2. The lowest BCUT2D eigenvalue weighted by molar-refractivity contribution is 0.0703. The number of hydrogen-bond donors (Lipinski definition) is 0. The largest absolute Gasteiger partial charge is 0.452 e. The highest BCUT2D eigenvalue weighted by Gasteiger charge is 2.28. The fourth-order valence-corrected chi connectivity index (χ4v) is 3.70. The fraction of sp³-hybridized carbons (Fsp3) is 0.0769. The summed E-state index contributed by atoms with van der Waals surface area (Å²) in [4.78, 5) is 27.3. The van der Waals surface area contributed by atoms with Gasteiger partial charge in [0.15, 0.2) is 5.76 Å². The van der Waals surface area contributed by atoms with Crippen LogP contribution < -0.4 is 14.4 Å². The van der Waals surface area contributed by atoms with Crippen molar-refractivity contribution < 1.29 is 23.5 Å². The third-order valence-electron chi connectivity index (χ3n) is 5.24. The predicted octanol–water partition coefficient (Wildman–Crippen LogP) is 5.99. The first kappa shape index (κ1) is 20.8. The van der Waals surface area contributed by atoms with E-state index in [9.17, 15) is 9.59 Å². The molecule has 33 heavy (non-hydrogen) atoms. The summed E-state index contributed by atoms with van der Waals surface area (Å²) in [5.74, 6) is -0.0664. The lowest BCUT2D eigenvalue weighted by Crippen LogP contribution is -2.08. The number of furan rings is 1. The summed E-state index contributed by atoms with van der Waals surface area (Å²) in [6.45, 7) is 0. The van der Waals surface area contributed by atoms with Crippen molar-refractivity contribution in [2.45, 2.75) is 0 Å². The van der Waals surface area contributed by atoms with Gasteiger partial charge in [-0.1, -0.05) is 23.7 Å². The Hall–Kier alpha value is -4.03. The standard InChI is InChI=1S/C26H18ClNO5/c1-28(2)18-6-3-15(4-7-18)11-23-25(29)20-9-8-19(14-22(20)33-23)31-26(30)24-13-16-12-17(27)5-10-21(16)32-24/h3-14H,1-2H3/b23-11-. The van der Waals surface area contributed by atoms with Crippen molar-refractivity contribution in [3.63, 3.8) is 0 Å². The molecule has 0 bridgehead atoms. The topological polar surface area (TPSA) is 69.0 Å². The molecule has 0 spiro atoms. The number of ether oxygens (including phenoxy) is 2. The van der Waals surface area contributed by atoms with Crippen LogP contribution in [0.15, 0.2) is 76.9 Å². The number of allylic oxidation sites excluding steroid dienone is 1. The van der Waals surface area contributed by atoms with E-state index in [1.807, 2.05) is 43.3 Å². The molecule has 1 aromatic heterocycles. The molecule has 0 saturated carbocycles. The Morgan fingerprint density at radius 2 is 1.79 bits per heavy atom. The molecule has 0 radical (unpaired) electrons. The van der Waals surface area contributed by atoms with Crippen LogP contribution in [0.4, 0.5) is 5.69 Å². The Morgan fingerprint density at radius 1 is 1.00 bits per heavy atom. The number of carbonyl (C=O) groups excluding carboxylic acids is 2. The molecular weight excluding hydrogens is 442 g/mol. The number of ketones is 1. The smallest absolute Gasteiger partial charge is 0.379 e. The van der Waals surface area contributed by atoms with Crippen LogP contribution in [0.25, 0.3) is 17.0 Å². The van der Waals surface area contributed by atoms with E-state index >= 15 is 0 Å². The predicted molar refractivity (Wildman–Crippen MR) is 126 cm³/mol. The Kier molecular flexibility index (Phi) is 5.15. The van der Waals surface area contributed by atoms with Crippen LogP contribution in [-0.4, -0.2) is 25.8 Å². The Balaban J connectivity index is 1.34. The second-order valence-corrected chi connectivity index (χ2v) is 8.20. The van der Waals surface area contributed by atoms with Gasteiger partial charge in [0.05, 0.1) is 5.56 Å². The number of benzene rings is 3. The number of halogens is 1. The molecule has 7 heteroatoms. The number of hydrogen-bond acceptors (Lipinski definition) is 6. The van der Waals surface area contributed by atoms with E-state index in [2.05, 4.69) is 0 Å². The molecule has 0 aliphatic carbocycles. The van der Waals surface area contributed by atoms with Crippen molar-refractivity contribution in [1.82, 2.24) is 0 Å². The number of anilines is 1. The normalized spacial score (nSPS) is 13.8. The van der Waals surface area contributed by atoms with Crippen molar-refractivity contribution in [3.8, 4) is 11.5 Å². The summed E-state index contributed by atoms with van der Waals surface area (Å²) in [5.41, 5.74) is 2.83. The lowest BCUT2D eigenvalue weighted by Gasteiger charge is -2.11. The Morgan fingerprint density at radius 3 is 2.55 bits per heavy atom. The van der Waals surface area contributed by atoms with E-state index in [0.29, 0.717) is 27.3 Å². The average Bonchev–Trinajstić information content (AvgIpc) is 3.35. The van der Waals surface area contributed by atoms with Crippen LogP contribution in [0.2, 0.25) is 5.02 Å². The summed E-state index contributed by atoms with van der Waals surface area (Å²) in [6.07, 6.45) is 1.69. The Labute approximate surface area is 194 Å². The van der Waals surface area contributed by atoms with Gasteiger partial charge in [0.2, 0.25) is 11.5 Å². The molecule has 0 fully saturated rings. The maximum absolute atomic E-state index is 12.7. The molecule has 4 aromatic rings. The Bertz CT molecular complexity index is 1430. The van der Waals surface area contributed by atoms with Crippen LogP contribution >= 0.6 is 11.6 Å². The molecule has 0 N–H and O–H groups in total. The molecule has 1 aliphatic rings. The fourth-order valence-electron chi connectivity index (χ4n) is 3.52. The van der Waals surface area contributed by atoms with E-state index in [4.69, 9.17) is 25.5 Å². The van der Waals surface area contributed by atoms with Crippen LogP contribution in [0, 0.1) is 0 Å². The second kappa shape index (κ2) is 8.15. The molecule has 6 nitrogen and oxygen atoms in total. The minimum atomic E-state index is -0.664. The van der Waals surface area contributed by atoms with Crippen LogP contribution in [0.3, 0.4) is 0 Å². The monoisotopic (exact) mass is 459 g/mol. The van der Waals surface area contributed by atoms with Crippen LogP contribution in [-0.2, 0) is 0 Å². The summed E-state index contributed by atoms with van der Waals surface area (Å²) in [5, 5.41) is 1.24. The third-order valence-corrected chi connectivity index (χ3v) is 5.47. The van der Waals surface area contributed by atoms with Gasteiger partial charge in [0.25, 0.3) is 0 Å². The summed E-state index contributed by atoms with van der Waals surface area (Å²) < 4.78 is 16.7. The number of nitrogens with zero attached hydrogens (tertiary/aromatic N) is 1. The van der Waals surface area contributed by atoms with Gasteiger partial charge in [-0.15, -0.1) is 0 Å². The van der Waals surface area contributed by atoms with Gasteiger partial charge in [-0.25, -0.2) is 4.79 Å². The third kappa shape index (κ3) is 4.08. The van der Waals surface area contributed by atoms with Crippen molar-refractivity contribution in [1.29, 1.82) is 0 Å². The molecule has 3 aromatic carbocycles. The van der Waals surface area contributed by atoms with Crippen LogP contribution in [0.5, 0.6) is 11.5 Å². The number of rotatable bonds is 4. The molecule has 5 rings (SSSR count). The maximum Gasteiger partial charge on any atom is 0.379 e. The van der Waals surface area contributed by atoms with Crippen LogP contribution in [0.1, 0.15) is 26.5 Å². The van der Waals surface area contributed by atoms with Gasteiger partial charge < -0.3 is 18.8 Å². The molecule has 1 aliphatic heterocycles. The quantitative estimate of drug-likeness (QED) is 0.212. The zero-order valence-electron chi connectivity index (χ0n) is 17.8. The van der Waals surface area contributed by atoms with Gasteiger partial charge in [0, 0.05) is 36.3 Å². The summed E-state index contributed by atoms with van der Waals surface area (Å²) in [7, 11) is 3.92. The van der Waals surface area contributed by atoms with Gasteiger partial charge in [-0.3, -0.25) is 4.79 Å². The van der Waals surface area contributed by atoms with E-state index in [-0.39, 0.29) is 23.1 Å². The summed E-state index contributed by atoms with van der Waals surface area (Å²) >= 11 is 5.98. The van der Waals surface area contributed by atoms with E-state index in [1.165, 1.54) is 6.07 Å². The average molecular weight is 460 g/mol. The van der Waals surface area contributed by atoms with E-state index < -0.39 is 5.97 Å². The molecular formula is C26H18ClNO5. The molecule has 0 unspecified atom stereocenters. The SMILES string of the molecule is CN(C)c1ccc(/C=C2\Oc3cc(OC(=O)c4cc5cc(Cl)ccc5o4)ccc3C2=O)cc1. The first-order valence-corrected chi connectivity index (χ1v) is 10.5. The van der Waals surface area contributed by atoms with E-state index in [0.717, 1.165) is 11.3 Å². The molecule has 0 saturated heterocycles. The molecule has 0 atom stereocenters. The number of carbonyl (C=O) groups is 2. The first-order chi connectivity index (χ1) is 15.9. The zero-order valence-corrected chi connectivity index (χ0v) is 18.6. The second-order valence-electron chi connectivity index (χ2n) is 7.77. The first-order valence-electron chi connectivity index (χ1n) is 10.1. The number of esters is 1. The highest BCUT2D eigenvalue weighted by Crippen LogP contribution is 2.35. The minimum absolute atomic E-state index is 0.0477. The lowest BCUT2D eigenvalue weighted by atomic mass is 10.1. The maximum atomic E-state index is 12.7. The number of Topliss-reactive ketones (excluding diaryl/α,β-unsaturated/α-hetero) is 1. The minimum Gasteiger partial charge on any atom is -0.452 e. The molecule has 164 valence electrons. The van der Waals surface area contributed by atoms with Gasteiger partial charge >= 0.3 is 5.97 Å². The highest BCUT2D eigenvalue weighted by molar-refractivity contribution is 6.31. The van der Waals surface area contributed by atoms with Gasteiger partial charge in [-0.05, 0) is 60.2 Å².